The Morgan fingerprint density at radius 3 is 2.79 bits per heavy atom. The second-order valence-corrected chi connectivity index (χ2v) is 4.56. The largest absolute Gasteiger partial charge is 0.493 e. The van der Waals surface area contributed by atoms with Crippen LogP contribution in [0.5, 0.6) is 5.75 Å². The van der Waals surface area contributed by atoms with Crippen LogP contribution in [0.1, 0.15) is 30.8 Å². The van der Waals surface area contributed by atoms with E-state index >= 15 is 0 Å². The van der Waals surface area contributed by atoms with Gasteiger partial charge in [0.1, 0.15) is 11.8 Å². The molecule has 5 nitrogen and oxygen atoms in total. The molecule has 0 aliphatic rings. The lowest BCUT2D eigenvalue weighted by Gasteiger charge is -2.14. The third-order valence-electron chi connectivity index (χ3n) is 2.79. The van der Waals surface area contributed by atoms with E-state index in [1.165, 1.54) is 6.20 Å². The first-order chi connectivity index (χ1) is 9.17. The SMILES string of the molecule is CCCn1ncc(OC)c1C(O)c1ccc(Cl)cn1. The third-order valence-corrected chi connectivity index (χ3v) is 3.01. The number of aliphatic hydroxyl groups excluding tert-OH is 1. The van der Waals surface area contributed by atoms with Gasteiger partial charge in [0.15, 0.2) is 5.75 Å². The number of aromatic nitrogens is 3. The van der Waals surface area contributed by atoms with Crippen molar-refractivity contribution in [1.29, 1.82) is 0 Å². The molecule has 0 amide bonds. The van der Waals surface area contributed by atoms with E-state index in [-0.39, 0.29) is 0 Å². The predicted molar refractivity (Wildman–Crippen MR) is 72.4 cm³/mol. The summed E-state index contributed by atoms with van der Waals surface area (Å²) in [4.78, 5) is 4.13. The molecule has 2 rings (SSSR count). The lowest BCUT2D eigenvalue weighted by atomic mass is 10.1. The Morgan fingerprint density at radius 2 is 2.21 bits per heavy atom. The number of aliphatic hydroxyl groups is 1. The highest BCUT2D eigenvalue weighted by Gasteiger charge is 2.22. The van der Waals surface area contributed by atoms with E-state index < -0.39 is 6.10 Å². The Kier molecular flexibility index (Phi) is 4.39. The third kappa shape index (κ3) is 2.88. The van der Waals surface area contributed by atoms with Crippen molar-refractivity contribution in [3.05, 3.63) is 40.9 Å². The summed E-state index contributed by atoms with van der Waals surface area (Å²) >= 11 is 5.79. The molecule has 0 radical (unpaired) electrons. The van der Waals surface area contributed by atoms with E-state index in [1.54, 1.807) is 30.1 Å². The molecule has 2 aromatic heterocycles. The minimum absolute atomic E-state index is 0.514. The fourth-order valence-corrected chi connectivity index (χ4v) is 2.00. The molecule has 6 heteroatoms. The molecule has 2 heterocycles. The minimum atomic E-state index is -0.888. The summed E-state index contributed by atoms with van der Waals surface area (Å²) in [6, 6.07) is 3.38. The maximum Gasteiger partial charge on any atom is 0.163 e. The van der Waals surface area contributed by atoms with E-state index in [2.05, 4.69) is 10.1 Å². The van der Waals surface area contributed by atoms with Crippen LogP contribution in [0, 0.1) is 0 Å². The molecule has 0 spiro atoms. The number of hydrogen-bond donors (Lipinski definition) is 1. The zero-order valence-electron chi connectivity index (χ0n) is 10.9. The van der Waals surface area contributed by atoms with Crippen molar-refractivity contribution in [2.45, 2.75) is 26.0 Å². The van der Waals surface area contributed by atoms with Crippen molar-refractivity contribution in [1.82, 2.24) is 14.8 Å². The molecular formula is C13H16ClN3O2. The van der Waals surface area contributed by atoms with E-state index in [9.17, 15) is 5.11 Å². The molecule has 1 unspecified atom stereocenters. The first-order valence-electron chi connectivity index (χ1n) is 6.06. The molecule has 0 saturated carbocycles. The molecule has 19 heavy (non-hydrogen) atoms. The number of halogens is 1. The molecule has 0 saturated heterocycles. The summed E-state index contributed by atoms with van der Waals surface area (Å²) in [5.74, 6) is 0.553. The number of hydrogen-bond acceptors (Lipinski definition) is 4. The summed E-state index contributed by atoms with van der Waals surface area (Å²) in [6.07, 6.45) is 3.14. The maximum atomic E-state index is 10.4. The number of nitrogens with zero attached hydrogens (tertiary/aromatic N) is 3. The zero-order valence-corrected chi connectivity index (χ0v) is 11.6. The number of rotatable bonds is 5. The van der Waals surface area contributed by atoms with Crippen molar-refractivity contribution >= 4 is 11.6 Å². The average Bonchev–Trinajstić information content (AvgIpc) is 2.82. The van der Waals surface area contributed by atoms with E-state index in [0.29, 0.717) is 28.7 Å². The molecule has 2 aromatic rings. The van der Waals surface area contributed by atoms with Gasteiger partial charge in [-0.15, -0.1) is 0 Å². The molecule has 0 bridgehead atoms. The highest BCUT2D eigenvalue weighted by molar-refractivity contribution is 6.30. The second-order valence-electron chi connectivity index (χ2n) is 4.13. The topological polar surface area (TPSA) is 60.2 Å². The van der Waals surface area contributed by atoms with Crippen LogP contribution < -0.4 is 4.74 Å². The second kappa shape index (κ2) is 6.04. The number of methoxy groups -OCH3 is 1. The van der Waals surface area contributed by atoms with Crippen molar-refractivity contribution in [3.63, 3.8) is 0 Å². The fraction of sp³-hybridized carbons (Fsp3) is 0.385. The molecule has 102 valence electrons. The van der Waals surface area contributed by atoms with Gasteiger partial charge in [-0.3, -0.25) is 9.67 Å². The van der Waals surface area contributed by atoms with Gasteiger partial charge in [0.05, 0.1) is 24.0 Å². The van der Waals surface area contributed by atoms with Gasteiger partial charge in [-0.25, -0.2) is 0 Å². The smallest absolute Gasteiger partial charge is 0.163 e. The van der Waals surface area contributed by atoms with E-state index in [4.69, 9.17) is 16.3 Å². The molecule has 0 aliphatic carbocycles. The molecule has 1 N–H and O–H groups in total. The first kappa shape index (κ1) is 13.8. The van der Waals surface area contributed by atoms with Crippen molar-refractivity contribution in [3.8, 4) is 5.75 Å². The lowest BCUT2D eigenvalue weighted by molar-refractivity contribution is 0.197. The highest BCUT2D eigenvalue weighted by Crippen LogP contribution is 2.29. The van der Waals surface area contributed by atoms with Gasteiger partial charge in [-0.1, -0.05) is 18.5 Å². The van der Waals surface area contributed by atoms with Crippen LogP contribution in [0.15, 0.2) is 24.5 Å². The van der Waals surface area contributed by atoms with Crippen LogP contribution in [0.3, 0.4) is 0 Å². The summed E-state index contributed by atoms with van der Waals surface area (Å²) in [7, 11) is 1.55. The van der Waals surface area contributed by atoms with Crippen LogP contribution in [0.25, 0.3) is 0 Å². The number of aryl methyl sites for hydroxylation is 1. The predicted octanol–water partition coefficient (Wildman–Crippen LogP) is 2.43. The normalized spacial score (nSPS) is 12.4. The minimum Gasteiger partial charge on any atom is -0.493 e. The molecule has 0 aliphatic heterocycles. The summed E-state index contributed by atoms with van der Waals surface area (Å²) < 4.78 is 6.98. The van der Waals surface area contributed by atoms with Crippen molar-refractivity contribution < 1.29 is 9.84 Å². The molecule has 1 atom stereocenters. The molecular weight excluding hydrogens is 266 g/mol. The Morgan fingerprint density at radius 1 is 1.42 bits per heavy atom. The summed E-state index contributed by atoms with van der Waals surface area (Å²) in [6.45, 7) is 2.76. The van der Waals surface area contributed by atoms with Gasteiger partial charge in [-0.2, -0.15) is 5.10 Å². The van der Waals surface area contributed by atoms with Crippen molar-refractivity contribution in [2.24, 2.45) is 0 Å². The average molecular weight is 282 g/mol. The maximum absolute atomic E-state index is 10.4. The fourth-order valence-electron chi connectivity index (χ4n) is 1.89. The Labute approximate surface area is 116 Å². The summed E-state index contributed by atoms with van der Waals surface area (Å²) in [5, 5.41) is 15.2. The highest BCUT2D eigenvalue weighted by atomic mass is 35.5. The van der Waals surface area contributed by atoms with Crippen LogP contribution in [0.4, 0.5) is 0 Å². The van der Waals surface area contributed by atoms with Gasteiger partial charge in [-0.05, 0) is 18.6 Å². The molecule has 0 aromatic carbocycles. The van der Waals surface area contributed by atoms with Gasteiger partial charge >= 0.3 is 0 Å². The van der Waals surface area contributed by atoms with Gasteiger partial charge < -0.3 is 9.84 Å². The van der Waals surface area contributed by atoms with Crippen LogP contribution >= 0.6 is 11.6 Å². The monoisotopic (exact) mass is 281 g/mol. The van der Waals surface area contributed by atoms with E-state index in [0.717, 1.165) is 6.42 Å². The molecule has 0 fully saturated rings. The van der Waals surface area contributed by atoms with Crippen LogP contribution in [0.2, 0.25) is 5.02 Å². The zero-order chi connectivity index (χ0) is 13.8. The van der Waals surface area contributed by atoms with Crippen LogP contribution in [-0.2, 0) is 6.54 Å². The number of pyridine rings is 1. The van der Waals surface area contributed by atoms with Gasteiger partial charge in [0, 0.05) is 12.7 Å². The summed E-state index contributed by atoms with van der Waals surface area (Å²) in [5.41, 5.74) is 1.12. The number of ether oxygens (including phenoxy) is 1. The quantitative estimate of drug-likeness (QED) is 0.914. The van der Waals surface area contributed by atoms with E-state index in [1.807, 2.05) is 6.92 Å². The van der Waals surface area contributed by atoms with Gasteiger partial charge in [0.2, 0.25) is 0 Å². The Balaban J connectivity index is 2.38. The standard InChI is InChI=1S/C13H16ClN3O2/c1-3-6-17-12(11(19-2)8-16-17)13(18)10-5-4-9(14)7-15-10/h4-5,7-8,13,18H,3,6H2,1-2H3. The lowest BCUT2D eigenvalue weighted by Crippen LogP contribution is -2.12. The van der Waals surface area contributed by atoms with Crippen LogP contribution in [-0.4, -0.2) is 27.0 Å². The van der Waals surface area contributed by atoms with Gasteiger partial charge in [0.25, 0.3) is 0 Å². The Bertz CT molecular complexity index is 539. The van der Waals surface area contributed by atoms with Crippen molar-refractivity contribution in [2.75, 3.05) is 7.11 Å². The Hall–Kier alpha value is -1.59. The first-order valence-corrected chi connectivity index (χ1v) is 6.44.